The zero-order valence-electron chi connectivity index (χ0n) is 12.2. The lowest BCUT2D eigenvalue weighted by molar-refractivity contribution is -0.144. The highest BCUT2D eigenvalue weighted by Crippen LogP contribution is 2.19. The Morgan fingerprint density at radius 3 is 2.80 bits per heavy atom. The van der Waals surface area contributed by atoms with Crippen molar-refractivity contribution in [3.05, 3.63) is 30.0 Å². The molecule has 0 spiro atoms. The van der Waals surface area contributed by atoms with Crippen molar-refractivity contribution in [2.75, 3.05) is 0 Å². The second-order valence-electron chi connectivity index (χ2n) is 5.33. The molecular formula is C15H21N3O2. The van der Waals surface area contributed by atoms with Gasteiger partial charge >= 0.3 is 5.97 Å². The lowest BCUT2D eigenvalue weighted by atomic mass is 9.96. The third-order valence-electron chi connectivity index (χ3n) is 3.70. The first-order valence-electron chi connectivity index (χ1n) is 6.87. The lowest BCUT2D eigenvalue weighted by Crippen LogP contribution is -2.49. The van der Waals surface area contributed by atoms with Gasteiger partial charge in [-0.05, 0) is 19.4 Å². The quantitative estimate of drug-likeness (QED) is 0.849. The Bertz CT molecular complexity index is 621. The Labute approximate surface area is 118 Å². The van der Waals surface area contributed by atoms with Crippen LogP contribution in [0.2, 0.25) is 0 Å². The van der Waals surface area contributed by atoms with E-state index in [4.69, 9.17) is 0 Å². The predicted octanol–water partition coefficient (Wildman–Crippen LogP) is 2.31. The highest BCUT2D eigenvalue weighted by molar-refractivity contribution is 5.82. The van der Waals surface area contributed by atoms with Crippen LogP contribution in [0.15, 0.2) is 24.3 Å². The summed E-state index contributed by atoms with van der Waals surface area (Å²) in [6, 6.07) is 7.96. The number of hydrogen-bond donors (Lipinski definition) is 2. The van der Waals surface area contributed by atoms with Gasteiger partial charge in [-0.25, -0.2) is 0 Å². The smallest absolute Gasteiger partial charge is 0.323 e. The number of nitrogens with zero attached hydrogens (tertiary/aromatic N) is 2. The Hall–Kier alpha value is -1.88. The number of rotatable bonds is 6. The Morgan fingerprint density at radius 1 is 1.45 bits per heavy atom. The van der Waals surface area contributed by atoms with Crippen molar-refractivity contribution in [3.8, 4) is 0 Å². The maximum atomic E-state index is 11.4. The largest absolute Gasteiger partial charge is 0.480 e. The van der Waals surface area contributed by atoms with Crippen molar-refractivity contribution in [3.63, 3.8) is 0 Å². The average molecular weight is 275 g/mol. The first-order chi connectivity index (χ1) is 9.48. The number of carboxylic acids is 1. The molecule has 0 fully saturated rings. The van der Waals surface area contributed by atoms with Crippen molar-refractivity contribution in [1.29, 1.82) is 0 Å². The molecule has 20 heavy (non-hydrogen) atoms. The molecule has 5 nitrogen and oxygen atoms in total. The Morgan fingerprint density at radius 2 is 2.15 bits per heavy atom. The van der Waals surface area contributed by atoms with Crippen molar-refractivity contribution < 1.29 is 9.90 Å². The number of fused-ring (bicyclic) bond motifs is 1. The van der Waals surface area contributed by atoms with Gasteiger partial charge in [-0.3, -0.25) is 14.8 Å². The van der Waals surface area contributed by atoms with Gasteiger partial charge in [0, 0.05) is 19.0 Å². The zero-order valence-corrected chi connectivity index (χ0v) is 12.2. The molecule has 0 aliphatic heterocycles. The Balaban J connectivity index is 2.22. The number of carboxylic acid groups (broad SMARTS) is 1. The number of carbonyl (C=O) groups is 1. The van der Waals surface area contributed by atoms with Crippen molar-refractivity contribution in [1.82, 2.24) is 15.1 Å². The van der Waals surface area contributed by atoms with Crippen LogP contribution in [-0.2, 0) is 18.4 Å². The van der Waals surface area contributed by atoms with E-state index in [-0.39, 0.29) is 0 Å². The molecule has 2 aromatic rings. The number of aryl methyl sites for hydroxylation is 1. The molecular weight excluding hydrogens is 254 g/mol. The summed E-state index contributed by atoms with van der Waals surface area (Å²) in [6.07, 6.45) is 1.41. The van der Waals surface area contributed by atoms with Crippen LogP contribution in [0.3, 0.4) is 0 Å². The molecule has 1 unspecified atom stereocenters. The van der Waals surface area contributed by atoms with Crippen LogP contribution < -0.4 is 5.32 Å². The molecule has 2 N–H and O–H groups in total. The second kappa shape index (κ2) is 5.63. The minimum absolute atomic E-state index is 0.449. The van der Waals surface area contributed by atoms with E-state index in [2.05, 4.69) is 10.4 Å². The fourth-order valence-corrected chi connectivity index (χ4v) is 2.47. The molecule has 1 atom stereocenters. The van der Waals surface area contributed by atoms with Crippen molar-refractivity contribution in [2.45, 2.75) is 38.8 Å². The van der Waals surface area contributed by atoms with Gasteiger partial charge in [0.2, 0.25) is 0 Å². The summed E-state index contributed by atoms with van der Waals surface area (Å²) < 4.78 is 1.82. The van der Waals surface area contributed by atoms with E-state index >= 15 is 0 Å². The van der Waals surface area contributed by atoms with E-state index in [1.165, 1.54) is 0 Å². The third kappa shape index (κ3) is 2.67. The summed E-state index contributed by atoms with van der Waals surface area (Å²) in [6.45, 7) is 4.16. The topological polar surface area (TPSA) is 67.2 Å². The van der Waals surface area contributed by atoms with Crippen LogP contribution in [-0.4, -0.2) is 26.4 Å². The summed E-state index contributed by atoms with van der Waals surface area (Å²) in [5.41, 5.74) is 1.02. The maximum absolute atomic E-state index is 11.4. The molecule has 0 saturated carbocycles. The van der Waals surface area contributed by atoms with Gasteiger partial charge in [0.05, 0.1) is 11.2 Å². The van der Waals surface area contributed by atoms with Gasteiger partial charge in [-0.2, -0.15) is 5.10 Å². The highest BCUT2D eigenvalue weighted by atomic mass is 16.4. The lowest BCUT2D eigenvalue weighted by Gasteiger charge is -2.25. The van der Waals surface area contributed by atoms with Gasteiger partial charge in [0.15, 0.2) is 0 Å². The number of benzene rings is 1. The van der Waals surface area contributed by atoms with E-state index in [1.807, 2.05) is 42.9 Å². The number of aromatic nitrogens is 2. The number of hydrogen-bond acceptors (Lipinski definition) is 3. The minimum atomic E-state index is -0.909. The molecule has 108 valence electrons. The van der Waals surface area contributed by atoms with Crippen molar-refractivity contribution >= 4 is 16.9 Å². The van der Waals surface area contributed by atoms with Gasteiger partial charge < -0.3 is 5.11 Å². The Kier molecular flexibility index (Phi) is 4.09. The van der Waals surface area contributed by atoms with Crippen LogP contribution in [0.4, 0.5) is 0 Å². The summed E-state index contributed by atoms with van der Waals surface area (Å²) in [7, 11) is 1.90. The second-order valence-corrected chi connectivity index (χ2v) is 5.33. The zero-order chi connectivity index (χ0) is 14.8. The highest BCUT2D eigenvalue weighted by Gasteiger charge is 2.31. The standard InChI is InChI=1S/C15H21N3O2/c1-4-9-15(2,14(19)20)16-10-12-11-7-5-6-8-13(11)18(3)17-12/h5-8,16H,4,9-10H2,1-3H3,(H,19,20). The normalized spacial score (nSPS) is 14.3. The fourth-order valence-electron chi connectivity index (χ4n) is 2.47. The summed E-state index contributed by atoms with van der Waals surface area (Å²) in [5.74, 6) is -0.820. The monoisotopic (exact) mass is 275 g/mol. The molecule has 0 bridgehead atoms. The maximum Gasteiger partial charge on any atom is 0.323 e. The minimum Gasteiger partial charge on any atom is -0.480 e. The molecule has 5 heteroatoms. The number of aliphatic carboxylic acids is 1. The molecule has 0 saturated heterocycles. The number of nitrogens with one attached hydrogen (secondary N) is 1. The molecule has 0 aliphatic carbocycles. The molecule has 1 heterocycles. The average Bonchev–Trinajstić information content (AvgIpc) is 2.74. The van der Waals surface area contributed by atoms with Crippen LogP contribution in [0.1, 0.15) is 32.4 Å². The molecule has 0 radical (unpaired) electrons. The molecule has 0 amide bonds. The van der Waals surface area contributed by atoms with Gasteiger partial charge in [-0.15, -0.1) is 0 Å². The van der Waals surface area contributed by atoms with Crippen LogP contribution in [0.5, 0.6) is 0 Å². The SMILES string of the molecule is CCCC(C)(NCc1nn(C)c2ccccc12)C(=O)O. The first kappa shape index (κ1) is 14.5. The van der Waals surface area contributed by atoms with Crippen LogP contribution in [0.25, 0.3) is 10.9 Å². The molecule has 1 aromatic heterocycles. The van der Waals surface area contributed by atoms with Crippen molar-refractivity contribution in [2.24, 2.45) is 7.05 Å². The fraction of sp³-hybridized carbons (Fsp3) is 0.467. The molecule has 1 aromatic carbocycles. The van der Waals surface area contributed by atoms with Crippen LogP contribution in [0, 0.1) is 0 Å². The molecule has 2 rings (SSSR count). The van der Waals surface area contributed by atoms with E-state index in [1.54, 1.807) is 6.92 Å². The van der Waals surface area contributed by atoms with Crippen LogP contribution >= 0.6 is 0 Å². The van der Waals surface area contributed by atoms with E-state index in [0.717, 1.165) is 23.0 Å². The van der Waals surface area contributed by atoms with E-state index < -0.39 is 11.5 Å². The number of para-hydroxylation sites is 1. The van der Waals surface area contributed by atoms with E-state index in [0.29, 0.717) is 13.0 Å². The van der Waals surface area contributed by atoms with E-state index in [9.17, 15) is 9.90 Å². The van der Waals surface area contributed by atoms with Gasteiger partial charge in [-0.1, -0.05) is 31.5 Å². The third-order valence-corrected chi connectivity index (χ3v) is 3.70. The summed E-state index contributed by atoms with van der Waals surface area (Å²) in [4.78, 5) is 11.4. The molecule has 0 aliphatic rings. The van der Waals surface area contributed by atoms with Gasteiger partial charge in [0.1, 0.15) is 5.54 Å². The van der Waals surface area contributed by atoms with Gasteiger partial charge in [0.25, 0.3) is 0 Å². The first-order valence-corrected chi connectivity index (χ1v) is 6.87. The summed E-state index contributed by atoms with van der Waals surface area (Å²) in [5, 5.41) is 18.1. The summed E-state index contributed by atoms with van der Waals surface area (Å²) >= 11 is 0. The predicted molar refractivity (Wildman–Crippen MR) is 78.5 cm³/mol.